The number of aliphatic carboxylic acids is 1. The molecule has 0 saturated heterocycles. The van der Waals surface area contributed by atoms with Crippen LogP contribution < -0.4 is 5.32 Å². The molecule has 1 aliphatic rings. The first-order valence-electron chi connectivity index (χ1n) is 6.21. The second kappa shape index (κ2) is 6.00. The summed E-state index contributed by atoms with van der Waals surface area (Å²) < 4.78 is 0. The molecule has 2 N–H and O–H groups in total. The molecule has 1 aromatic rings. The Morgan fingerprint density at radius 3 is 2.61 bits per heavy atom. The molecule has 1 saturated carbocycles. The van der Waals surface area contributed by atoms with Gasteiger partial charge in [0.05, 0.1) is 5.00 Å². The Bertz CT molecular complexity index is 408. The number of anilines is 1. The van der Waals surface area contributed by atoms with Crippen LogP contribution in [0.2, 0.25) is 0 Å². The van der Waals surface area contributed by atoms with E-state index in [2.05, 4.69) is 5.32 Å². The Morgan fingerprint density at radius 1 is 1.33 bits per heavy atom. The highest BCUT2D eigenvalue weighted by molar-refractivity contribution is 7.14. The van der Waals surface area contributed by atoms with Gasteiger partial charge in [0.25, 0.3) is 0 Å². The molecule has 0 radical (unpaired) electrons. The first kappa shape index (κ1) is 13.1. The average Bonchev–Trinajstić information content (AvgIpc) is 2.82. The van der Waals surface area contributed by atoms with Crippen molar-refractivity contribution >= 4 is 28.2 Å². The van der Waals surface area contributed by atoms with Crippen LogP contribution in [0.15, 0.2) is 17.5 Å². The van der Waals surface area contributed by atoms with Gasteiger partial charge in [-0.25, -0.2) is 0 Å². The summed E-state index contributed by atoms with van der Waals surface area (Å²) in [7, 11) is 0. The molecule has 1 heterocycles. The number of thiophene rings is 1. The minimum atomic E-state index is -0.735. The van der Waals surface area contributed by atoms with Crippen LogP contribution in [-0.2, 0) is 9.59 Å². The van der Waals surface area contributed by atoms with Crippen molar-refractivity contribution in [2.24, 2.45) is 11.8 Å². The van der Waals surface area contributed by atoms with Crippen LogP contribution in [0.25, 0.3) is 0 Å². The van der Waals surface area contributed by atoms with Crippen LogP contribution >= 0.6 is 11.3 Å². The maximum absolute atomic E-state index is 12.0. The van der Waals surface area contributed by atoms with E-state index in [0.717, 1.165) is 30.7 Å². The fourth-order valence-corrected chi connectivity index (χ4v) is 3.07. The topological polar surface area (TPSA) is 66.4 Å². The molecular weight excluding hydrogens is 250 g/mol. The van der Waals surface area contributed by atoms with E-state index in [1.165, 1.54) is 11.3 Å². The van der Waals surface area contributed by atoms with Gasteiger partial charge < -0.3 is 10.4 Å². The van der Waals surface area contributed by atoms with Gasteiger partial charge in [0, 0.05) is 12.3 Å². The summed E-state index contributed by atoms with van der Waals surface area (Å²) in [6, 6.07) is 3.79. The molecule has 18 heavy (non-hydrogen) atoms. The molecule has 2 rings (SSSR count). The van der Waals surface area contributed by atoms with Gasteiger partial charge in [0.2, 0.25) is 5.91 Å². The summed E-state index contributed by atoms with van der Waals surface area (Å²) in [5.74, 6) is -0.377. The maximum Gasteiger partial charge on any atom is 0.303 e. The first-order valence-corrected chi connectivity index (χ1v) is 7.09. The fourth-order valence-electron chi connectivity index (χ4n) is 2.45. The van der Waals surface area contributed by atoms with Crippen molar-refractivity contribution in [3.63, 3.8) is 0 Å². The molecule has 0 bridgehead atoms. The lowest BCUT2D eigenvalue weighted by Crippen LogP contribution is -2.27. The first-order chi connectivity index (χ1) is 8.65. The number of nitrogens with one attached hydrogen (secondary N) is 1. The molecule has 0 unspecified atom stereocenters. The normalized spacial score (nSPS) is 23.6. The summed E-state index contributed by atoms with van der Waals surface area (Å²) in [6.45, 7) is 0. The molecular formula is C13H17NO3S. The minimum Gasteiger partial charge on any atom is -0.481 e. The number of carboxylic acid groups (broad SMARTS) is 1. The Morgan fingerprint density at radius 2 is 2.06 bits per heavy atom. The zero-order chi connectivity index (χ0) is 13.0. The van der Waals surface area contributed by atoms with E-state index >= 15 is 0 Å². The van der Waals surface area contributed by atoms with Gasteiger partial charge in [0.1, 0.15) is 0 Å². The Hall–Kier alpha value is -1.36. The molecule has 98 valence electrons. The van der Waals surface area contributed by atoms with E-state index in [1.54, 1.807) is 0 Å². The number of rotatable bonds is 4. The van der Waals surface area contributed by atoms with Crippen molar-refractivity contribution < 1.29 is 14.7 Å². The molecule has 1 amide bonds. The predicted octanol–water partition coefficient (Wildman–Crippen LogP) is 2.97. The van der Waals surface area contributed by atoms with E-state index in [1.807, 2.05) is 17.5 Å². The van der Waals surface area contributed by atoms with Crippen molar-refractivity contribution in [1.29, 1.82) is 0 Å². The summed E-state index contributed by atoms with van der Waals surface area (Å²) in [5, 5.41) is 14.5. The van der Waals surface area contributed by atoms with Crippen molar-refractivity contribution in [3.8, 4) is 0 Å². The quantitative estimate of drug-likeness (QED) is 0.881. The molecule has 0 aliphatic heterocycles. The van der Waals surface area contributed by atoms with Gasteiger partial charge in [-0.2, -0.15) is 0 Å². The Kier molecular flexibility index (Phi) is 4.36. The number of carboxylic acids is 1. The summed E-state index contributed by atoms with van der Waals surface area (Å²) in [6.07, 6.45) is 3.52. The highest BCUT2D eigenvalue weighted by Gasteiger charge is 2.27. The van der Waals surface area contributed by atoms with E-state index in [9.17, 15) is 9.59 Å². The SMILES string of the molecule is O=C(O)CC1CCC(C(=O)Nc2cccs2)CC1. The van der Waals surface area contributed by atoms with E-state index < -0.39 is 5.97 Å². The molecule has 1 aliphatic carbocycles. The lowest BCUT2D eigenvalue weighted by molar-refractivity contribution is -0.138. The van der Waals surface area contributed by atoms with Crippen LogP contribution in [0.5, 0.6) is 0 Å². The van der Waals surface area contributed by atoms with Crippen LogP contribution in [0, 0.1) is 11.8 Å². The van der Waals surface area contributed by atoms with Crippen LogP contribution in [-0.4, -0.2) is 17.0 Å². The minimum absolute atomic E-state index is 0.0390. The van der Waals surface area contributed by atoms with Gasteiger partial charge >= 0.3 is 5.97 Å². The molecule has 0 spiro atoms. The van der Waals surface area contributed by atoms with Crippen molar-refractivity contribution in [2.45, 2.75) is 32.1 Å². The zero-order valence-corrected chi connectivity index (χ0v) is 10.9. The summed E-state index contributed by atoms with van der Waals surface area (Å²) >= 11 is 1.51. The number of hydrogen-bond acceptors (Lipinski definition) is 3. The number of hydrogen-bond donors (Lipinski definition) is 2. The number of amides is 1. The Balaban J connectivity index is 1.79. The summed E-state index contributed by atoms with van der Waals surface area (Å²) in [5.41, 5.74) is 0. The lowest BCUT2D eigenvalue weighted by atomic mass is 9.80. The van der Waals surface area contributed by atoms with Gasteiger partial charge in [-0.1, -0.05) is 0 Å². The third-order valence-corrected chi connectivity index (χ3v) is 4.23. The van der Waals surface area contributed by atoms with Gasteiger partial charge in [-0.15, -0.1) is 11.3 Å². The number of carbonyl (C=O) groups excluding carboxylic acids is 1. The highest BCUT2D eigenvalue weighted by Crippen LogP contribution is 2.31. The standard InChI is InChI=1S/C13H17NO3S/c15-12(16)8-9-3-5-10(6-4-9)13(17)14-11-2-1-7-18-11/h1-2,7,9-10H,3-6,8H2,(H,14,17)(H,15,16). The van der Waals surface area contributed by atoms with E-state index in [-0.39, 0.29) is 24.2 Å². The molecule has 0 aromatic carbocycles. The van der Waals surface area contributed by atoms with Crippen LogP contribution in [0.3, 0.4) is 0 Å². The summed E-state index contributed by atoms with van der Waals surface area (Å²) in [4.78, 5) is 22.6. The largest absolute Gasteiger partial charge is 0.481 e. The van der Waals surface area contributed by atoms with Crippen molar-refractivity contribution in [3.05, 3.63) is 17.5 Å². The third-order valence-electron chi connectivity index (χ3n) is 3.45. The lowest BCUT2D eigenvalue weighted by Gasteiger charge is -2.26. The zero-order valence-electron chi connectivity index (χ0n) is 10.1. The number of carbonyl (C=O) groups is 2. The van der Waals surface area contributed by atoms with Crippen molar-refractivity contribution in [1.82, 2.24) is 0 Å². The van der Waals surface area contributed by atoms with Gasteiger partial charge in [-0.05, 0) is 49.1 Å². The molecule has 5 heteroatoms. The van der Waals surface area contributed by atoms with E-state index in [0.29, 0.717) is 0 Å². The fraction of sp³-hybridized carbons (Fsp3) is 0.538. The average molecular weight is 267 g/mol. The predicted molar refractivity (Wildman–Crippen MR) is 70.6 cm³/mol. The molecule has 1 aromatic heterocycles. The van der Waals surface area contributed by atoms with E-state index in [4.69, 9.17) is 5.11 Å². The second-order valence-electron chi connectivity index (χ2n) is 4.78. The van der Waals surface area contributed by atoms with Crippen LogP contribution in [0.4, 0.5) is 5.00 Å². The smallest absolute Gasteiger partial charge is 0.303 e. The second-order valence-corrected chi connectivity index (χ2v) is 5.73. The van der Waals surface area contributed by atoms with Gasteiger partial charge in [0.15, 0.2) is 0 Å². The highest BCUT2D eigenvalue weighted by atomic mass is 32.1. The molecule has 4 nitrogen and oxygen atoms in total. The van der Waals surface area contributed by atoms with Crippen molar-refractivity contribution in [2.75, 3.05) is 5.32 Å². The Labute approximate surface area is 110 Å². The maximum atomic E-state index is 12.0. The van der Waals surface area contributed by atoms with Gasteiger partial charge in [-0.3, -0.25) is 9.59 Å². The van der Waals surface area contributed by atoms with Crippen LogP contribution in [0.1, 0.15) is 32.1 Å². The molecule has 0 atom stereocenters. The third kappa shape index (κ3) is 3.57. The molecule has 1 fully saturated rings. The monoisotopic (exact) mass is 267 g/mol.